The van der Waals surface area contributed by atoms with Crippen molar-refractivity contribution in [1.82, 2.24) is 25.4 Å². The number of carbonyl (C=O) groups excluding carboxylic acids is 6. The lowest BCUT2D eigenvalue weighted by atomic mass is 9.97. The molecule has 2 aromatic carbocycles. The van der Waals surface area contributed by atoms with Crippen LogP contribution in [0.15, 0.2) is 65.8 Å². The van der Waals surface area contributed by atoms with Crippen molar-refractivity contribution in [3.8, 4) is 0 Å². The molecule has 2 aliphatic heterocycles. The number of alkyl carbamates (subject to hydrolysis) is 1. The van der Waals surface area contributed by atoms with Crippen molar-refractivity contribution in [1.29, 1.82) is 0 Å². The monoisotopic (exact) mass is 803 g/mol. The lowest BCUT2D eigenvalue weighted by Gasteiger charge is -2.36. The second-order valence-corrected chi connectivity index (χ2v) is 16.1. The average molecular weight is 804 g/mol. The fourth-order valence-electron chi connectivity index (χ4n) is 6.94. The zero-order valence-corrected chi connectivity index (χ0v) is 34.7. The topological polar surface area (TPSA) is 193 Å². The number of amides is 5. The molecule has 6 atom stereocenters. The summed E-state index contributed by atoms with van der Waals surface area (Å²) in [6.07, 6.45) is 3.74. The van der Waals surface area contributed by atoms with Gasteiger partial charge in [-0.3, -0.25) is 19.2 Å². The van der Waals surface area contributed by atoms with Crippen LogP contribution in [0, 0.1) is 5.92 Å². The lowest BCUT2D eigenvalue weighted by molar-refractivity contribution is -0.157. The van der Waals surface area contributed by atoms with Crippen LogP contribution >= 0.6 is 0 Å². The van der Waals surface area contributed by atoms with Crippen LogP contribution in [0.25, 0.3) is 0 Å². The zero-order valence-electron chi connectivity index (χ0n) is 34.7. The quantitative estimate of drug-likeness (QED) is 0.157. The summed E-state index contributed by atoms with van der Waals surface area (Å²) in [7, 11) is 1.51. The van der Waals surface area contributed by atoms with Gasteiger partial charge in [0.15, 0.2) is 0 Å². The number of nitrogens with one attached hydrogen (secondary N) is 2. The smallest absolute Gasteiger partial charge is 0.407 e. The molecule has 4 N–H and O–H groups in total. The Morgan fingerprint density at radius 2 is 1.60 bits per heavy atom. The summed E-state index contributed by atoms with van der Waals surface area (Å²) in [5.41, 5.74) is 7.17. The van der Waals surface area contributed by atoms with Crippen molar-refractivity contribution in [2.24, 2.45) is 16.8 Å². The molecule has 0 aliphatic carbocycles. The maximum absolute atomic E-state index is 14.7. The number of ether oxygens (including phenoxy) is 2. The SMILES string of the molecule is CCC(C)[C@H](N)C(=O)N1N=CCC[C@@H]1C(=O)N[C@@H](CCCNC(=O)OC(C)(C)C)C(=O)N(C)[C@H](Cc1ccccc1)C(=O)N1CCC[C@H]1C(=O)OCc1ccccc1. The van der Waals surface area contributed by atoms with Crippen molar-refractivity contribution in [3.05, 3.63) is 71.8 Å². The van der Waals surface area contributed by atoms with Crippen molar-refractivity contribution >= 4 is 41.9 Å². The van der Waals surface area contributed by atoms with Gasteiger partial charge < -0.3 is 35.6 Å². The number of carbonyl (C=O) groups is 6. The molecule has 0 spiro atoms. The van der Waals surface area contributed by atoms with Gasteiger partial charge in [0, 0.05) is 32.8 Å². The number of hydrazone groups is 1. The Bertz CT molecular complexity index is 1730. The molecule has 5 amide bonds. The van der Waals surface area contributed by atoms with E-state index in [1.807, 2.05) is 74.5 Å². The van der Waals surface area contributed by atoms with Crippen molar-refractivity contribution in [2.75, 3.05) is 20.1 Å². The van der Waals surface area contributed by atoms with E-state index < -0.39 is 71.5 Å². The molecular formula is C43H61N7O8. The number of hydrogen-bond donors (Lipinski definition) is 3. The number of benzene rings is 2. The minimum Gasteiger partial charge on any atom is -0.459 e. The second kappa shape index (κ2) is 21.4. The minimum absolute atomic E-state index is 0.0626. The van der Waals surface area contributed by atoms with E-state index in [0.29, 0.717) is 32.2 Å². The molecule has 1 unspecified atom stereocenters. The van der Waals surface area contributed by atoms with Gasteiger partial charge in [0.1, 0.15) is 36.4 Å². The molecule has 0 radical (unpaired) electrons. The molecule has 2 heterocycles. The van der Waals surface area contributed by atoms with Gasteiger partial charge in [-0.1, -0.05) is 80.9 Å². The highest BCUT2D eigenvalue weighted by molar-refractivity contribution is 5.96. The first-order chi connectivity index (χ1) is 27.6. The predicted octanol–water partition coefficient (Wildman–Crippen LogP) is 3.93. The minimum atomic E-state index is -1.17. The first-order valence-corrected chi connectivity index (χ1v) is 20.3. The molecular weight excluding hydrogens is 743 g/mol. The molecule has 2 aliphatic rings. The number of likely N-dealkylation sites (tertiary alicyclic amines) is 1. The molecule has 1 saturated heterocycles. The third-order valence-corrected chi connectivity index (χ3v) is 10.5. The Hall–Kier alpha value is -5.31. The normalized spacial score (nSPS) is 18.7. The third-order valence-electron chi connectivity index (χ3n) is 10.5. The highest BCUT2D eigenvalue weighted by Gasteiger charge is 2.42. The Morgan fingerprint density at radius 1 is 0.948 bits per heavy atom. The van der Waals surface area contributed by atoms with Crippen LogP contribution in [0.1, 0.15) is 90.7 Å². The Morgan fingerprint density at radius 3 is 2.24 bits per heavy atom. The van der Waals surface area contributed by atoms with Crippen LogP contribution in [0.3, 0.4) is 0 Å². The molecule has 0 bridgehead atoms. The highest BCUT2D eigenvalue weighted by Crippen LogP contribution is 2.24. The van der Waals surface area contributed by atoms with E-state index >= 15 is 0 Å². The van der Waals surface area contributed by atoms with Crippen LogP contribution in [0.4, 0.5) is 4.79 Å². The fourth-order valence-corrected chi connectivity index (χ4v) is 6.94. The first-order valence-electron chi connectivity index (χ1n) is 20.3. The largest absolute Gasteiger partial charge is 0.459 e. The first kappa shape index (κ1) is 45.4. The van der Waals surface area contributed by atoms with Crippen molar-refractivity contribution < 1.29 is 38.2 Å². The maximum atomic E-state index is 14.7. The number of rotatable bonds is 17. The van der Waals surface area contributed by atoms with Gasteiger partial charge in [-0.05, 0) is 76.3 Å². The van der Waals surface area contributed by atoms with E-state index in [1.54, 1.807) is 27.0 Å². The van der Waals surface area contributed by atoms with Gasteiger partial charge in [0.25, 0.3) is 5.91 Å². The molecule has 1 fully saturated rings. The van der Waals surface area contributed by atoms with Gasteiger partial charge in [0.05, 0.1) is 6.04 Å². The molecule has 0 saturated carbocycles. The number of hydrogen-bond acceptors (Lipinski definition) is 10. The van der Waals surface area contributed by atoms with E-state index in [0.717, 1.165) is 16.1 Å². The number of esters is 1. The Labute approximate surface area is 342 Å². The van der Waals surface area contributed by atoms with Gasteiger partial charge in [0.2, 0.25) is 17.7 Å². The Balaban J connectivity index is 1.59. The molecule has 0 aromatic heterocycles. The van der Waals surface area contributed by atoms with E-state index in [9.17, 15) is 28.8 Å². The van der Waals surface area contributed by atoms with Crippen molar-refractivity contribution in [3.63, 3.8) is 0 Å². The summed E-state index contributed by atoms with van der Waals surface area (Å²) in [4.78, 5) is 85.4. The van der Waals surface area contributed by atoms with Crippen molar-refractivity contribution in [2.45, 2.75) is 128 Å². The number of likely N-dealkylation sites (N-methyl/N-ethyl adjacent to an activating group) is 1. The summed E-state index contributed by atoms with van der Waals surface area (Å²) in [5.74, 6) is -2.76. The van der Waals surface area contributed by atoms with Crippen LogP contribution < -0.4 is 16.4 Å². The Kier molecular flexibility index (Phi) is 16.8. The second-order valence-electron chi connectivity index (χ2n) is 16.1. The summed E-state index contributed by atoms with van der Waals surface area (Å²) in [6, 6.07) is 13.6. The van der Waals surface area contributed by atoms with E-state index in [1.165, 1.54) is 16.8 Å². The number of nitrogens with two attached hydrogens (primary N) is 1. The van der Waals surface area contributed by atoms with Gasteiger partial charge in [-0.2, -0.15) is 5.10 Å². The van der Waals surface area contributed by atoms with Gasteiger partial charge >= 0.3 is 12.1 Å². The van der Waals surface area contributed by atoms with E-state index in [2.05, 4.69) is 15.7 Å². The lowest BCUT2D eigenvalue weighted by Crippen LogP contribution is -2.59. The molecule has 2 aromatic rings. The fraction of sp³-hybridized carbons (Fsp3) is 0.558. The molecule has 15 nitrogen and oxygen atoms in total. The standard InChI is InChI=1S/C43H61N7O8/c1-7-29(2)36(44)40(54)50-33(22-15-25-46-50)37(51)47-32(21-14-24-45-42(56)58-43(3,4)5)38(52)48(6)35(27-30-17-10-8-11-18-30)39(53)49-26-16-23-34(49)41(55)57-28-31-19-12-9-13-20-31/h8-13,17-20,25,29,32-36H,7,14-16,21-24,26-28,44H2,1-6H3,(H,45,56)(H,47,51)/t29?,32-,33+,34-,35+,36-/m0/s1. The van der Waals surface area contributed by atoms with Crippen LogP contribution in [0.2, 0.25) is 0 Å². The summed E-state index contributed by atoms with van der Waals surface area (Å²) in [5, 5.41) is 10.9. The summed E-state index contributed by atoms with van der Waals surface area (Å²) in [6.45, 7) is 9.51. The summed E-state index contributed by atoms with van der Waals surface area (Å²) < 4.78 is 11.0. The third kappa shape index (κ3) is 12.9. The number of nitrogens with zero attached hydrogens (tertiary/aromatic N) is 4. The van der Waals surface area contributed by atoms with E-state index in [4.69, 9.17) is 15.2 Å². The maximum Gasteiger partial charge on any atom is 0.407 e. The van der Waals surface area contributed by atoms with Crippen LogP contribution in [0.5, 0.6) is 0 Å². The van der Waals surface area contributed by atoms with Crippen LogP contribution in [-0.4, -0.2) is 113 Å². The molecule has 316 valence electrons. The summed E-state index contributed by atoms with van der Waals surface area (Å²) >= 11 is 0. The van der Waals surface area contributed by atoms with Gasteiger partial charge in [-0.15, -0.1) is 0 Å². The average Bonchev–Trinajstić information content (AvgIpc) is 3.72. The molecule has 15 heteroatoms. The zero-order chi connectivity index (χ0) is 42.4. The van der Waals surface area contributed by atoms with E-state index in [-0.39, 0.29) is 44.8 Å². The highest BCUT2D eigenvalue weighted by atomic mass is 16.6. The molecule has 4 rings (SSSR count). The van der Waals surface area contributed by atoms with Crippen LogP contribution in [-0.2, 0) is 46.5 Å². The predicted molar refractivity (Wildman–Crippen MR) is 219 cm³/mol. The molecule has 58 heavy (non-hydrogen) atoms. The van der Waals surface area contributed by atoms with Gasteiger partial charge in [-0.25, -0.2) is 14.6 Å².